The highest BCUT2D eigenvalue weighted by Crippen LogP contribution is 2.39. The third kappa shape index (κ3) is 7.69. The van der Waals surface area contributed by atoms with E-state index >= 15 is 0 Å². The van der Waals surface area contributed by atoms with Gasteiger partial charge in [0.25, 0.3) is 0 Å². The fraction of sp³-hybridized carbons (Fsp3) is 0.424. The molecule has 0 aliphatic carbocycles. The van der Waals surface area contributed by atoms with E-state index in [-0.39, 0.29) is 24.8 Å². The van der Waals surface area contributed by atoms with Crippen LogP contribution in [0.5, 0.6) is 0 Å². The lowest BCUT2D eigenvalue weighted by molar-refractivity contribution is -0.253. The number of carbonyl (C=O) groups excluding carboxylic acids is 1. The lowest BCUT2D eigenvalue weighted by atomic mass is 9.84. The molecule has 0 radical (unpaired) electrons. The molecule has 2 aliphatic rings. The lowest BCUT2D eigenvalue weighted by Crippen LogP contribution is -2.46. The number of halogens is 1. The highest BCUT2D eigenvalue weighted by Gasteiger charge is 2.37. The van der Waals surface area contributed by atoms with Crippen molar-refractivity contribution in [2.45, 2.75) is 63.4 Å². The van der Waals surface area contributed by atoms with Crippen LogP contribution in [0.3, 0.4) is 0 Å². The number of piperidine rings is 1. The molecule has 9 heteroatoms. The van der Waals surface area contributed by atoms with Gasteiger partial charge in [0.2, 0.25) is 0 Å². The van der Waals surface area contributed by atoms with Crippen LogP contribution in [0.25, 0.3) is 0 Å². The summed E-state index contributed by atoms with van der Waals surface area (Å²) in [6.07, 6.45) is 1.18. The van der Waals surface area contributed by atoms with Crippen molar-refractivity contribution in [3.8, 4) is 0 Å². The number of nitrogens with one attached hydrogen (secondary N) is 2. The Hall–Kier alpha value is -2.98. The Morgan fingerprint density at radius 2 is 1.57 bits per heavy atom. The Labute approximate surface area is 252 Å². The molecule has 224 valence electrons. The number of carbonyl (C=O) groups is 1. The van der Waals surface area contributed by atoms with Crippen LogP contribution in [0.2, 0.25) is 5.02 Å². The lowest BCUT2D eigenvalue weighted by Gasteiger charge is -2.42. The fourth-order valence-electron chi connectivity index (χ4n) is 5.67. The van der Waals surface area contributed by atoms with Crippen LogP contribution in [0, 0.1) is 0 Å². The molecule has 0 aromatic heterocycles. The second-order valence-corrected chi connectivity index (χ2v) is 11.6. The molecule has 3 aromatic rings. The monoisotopic (exact) mass is 593 g/mol. The smallest absolute Gasteiger partial charge is 0.315 e. The van der Waals surface area contributed by atoms with Crippen LogP contribution < -0.4 is 10.6 Å². The van der Waals surface area contributed by atoms with Gasteiger partial charge in [-0.3, -0.25) is 0 Å². The van der Waals surface area contributed by atoms with Crippen molar-refractivity contribution in [1.29, 1.82) is 0 Å². The molecule has 2 heterocycles. The Bertz CT molecular complexity index is 1290. The average Bonchev–Trinajstić information content (AvgIpc) is 3.02. The molecule has 4 N–H and O–H groups in total. The maximum absolute atomic E-state index is 11.8. The largest absolute Gasteiger partial charge is 0.392 e. The predicted molar refractivity (Wildman–Crippen MR) is 162 cm³/mol. The van der Waals surface area contributed by atoms with Crippen LogP contribution in [-0.4, -0.2) is 53.4 Å². The molecule has 2 amide bonds. The summed E-state index contributed by atoms with van der Waals surface area (Å²) >= 11 is 6.06. The summed E-state index contributed by atoms with van der Waals surface area (Å²) in [6.45, 7) is 5.13. The van der Waals surface area contributed by atoms with E-state index in [2.05, 4.69) is 15.5 Å². The van der Waals surface area contributed by atoms with Crippen LogP contribution in [0.15, 0.2) is 72.8 Å². The molecule has 2 saturated heterocycles. The van der Waals surface area contributed by atoms with E-state index in [0.29, 0.717) is 37.4 Å². The number of hydrogen-bond donors (Lipinski definition) is 4. The zero-order chi connectivity index (χ0) is 29.5. The van der Waals surface area contributed by atoms with Gasteiger partial charge in [-0.2, -0.15) is 0 Å². The van der Waals surface area contributed by atoms with E-state index < -0.39 is 11.9 Å². The number of likely N-dealkylation sites (tertiary alicyclic amines) is 1. The van der Waals surface area contributed by atoms with Crippen LogP contribution in [0.1, 0.15) is 66.4 Å². The molecule has 42 heavy (non-hydrogen) atoms. The molecule has 3 atom stereocenters. The van der Waals surface area contributed by atoms with Crippen molar-refractivity contribution in [2.75, 3.05) is 26.2 Å². The maximum atomic E-state index is 11.8. The molecule has 2 aliphatic heterocycles. The van der Waals surface area contributed by atoms with E-state index in [4.69, 9.17) is 21.1 Å². The minimum absolute atomic E-state index is 0.00119. The molecule has 8 nitrogen and oxygen atoms in total. The van der Waals surface area contributed by atoms with Gasteiger partial charge in [-0.15, -0.1) is 0 Å². The molecule has 1 unspecified atom stereocenters. The SMILES string of the molecule is CCNC(=O)NCc1ccc(C2O[C@H](CN3CCC(O)(c4ccc(Cl)cc4)CC3)C[C@H](c3ccc(CO)cc3)O2)cc1. The fourth-order valence-corrected chi connectivity index (χ4v) is 5.80. The quantitative estimate of drug-likeness (QED) is 0.273. The van der Waals surface area contributed by atoms with Gasteiger partial charge in [0.15, 0.2) is 6.29 Å². The Balaban J connectivity index is 1.26. The Morgan fingerprint density at radius 3 is 2.21 bits per heavy atom. The number of ether oxygens (including phenoxy) is 2. The normalized spacial score (nSPS) is 22.4. The third-order valence-electron chi connectivity index (χ3n) is 8.18. The minimum atomic E-state index is -0.856. The van der Waals surface area contributed by atoms with Crippen LogP contribution in [-0.2, 0) is 28.2 Å². The summed E-state index contributed by atoms with van der Waals surface area (Å²) in [7, 11) is 0. The number of hydrogen-bond acceptors (Lipinski definition) is 6. The van der Waals surface area contributed by atoms with Crippen LogP contribution in [0.4, 0.5) is 4.79 Å². The van der Waals surface area contributed by atoms with Crippen molar-refractivity contribution < 1.29 is 24.5 Å². The van der Waals surface area contributed by atoms with Crippen molar-refractivity contribution in [3.63, 3.8) is 0 Å². The van der Waals surface area contributed by atoms with Crippen molar-refractivity contribution >= 4 is 17.6 Å². The number of urea groups is 1. The first-order valence-electron chi connectivity index (χ1n) is 14.7. The number of amides is 2. The van der Waals surface area contributed by atoms with Crippen molar-refractivity contribution in [2.24, 2.45) is 0 Å². The number of rotatable bonds is 9. The first-order valence-corrected chi connectivity index (χ1v) is 15.0. The summed E-state index contributed by atoms with van der Waals surface area (Å²) < 4.78 is 13.0. The summed E-state index contributed by atoms with van der Waals surface area (Å²) in [5.74, 6) is 0. The number of benzene rings is 3. The standard InChI is InChI=1S/C33H40ClN3O5/c1-2-35-32(39)36-20-23-3-9-26(10-4-23)31-41-29(19-30(42-31)25-7-5-24(22-38)6-8-25)21-37-17-15-33(40,16-18-37)27-11-13-28(34)14-12-27/h3-14,29-31,38,40H,2,15-22H2,1H3,(H2,35,36,39)/t29-,30+,31?/m0/s1. The average molecular weight is 594 g/mol. The van der Waals surface area contributed by atoms with E-state index in [0.717, 1.165) is 47.5 Å². The first-order chi connectivity index (χ1) is 20.3. The molecule has 5 rings (SSSR count). The zero-order valence-electron chi connectivity index (χ0n) is 24.0. The molecule has 2 fully saturated rings. The van der Waals surface area contributed by atoms with Crippen molar-refractivity contribution in [1.82, 2.24) is 15.5 Å². The summed E-state index contributed by atoms with van der Waals surface area (Å²) in [4.78, 5) is 14.1. The van der Waals surface area contributed by atoms with Gasteiger partial charge >= 0.3 is 6.03 Å². The highest BCUT2D eigenvalue weighted by molar-refractivity contribution is 6.30. The molecule has 0 spiro atoms. The van der Waals surface area contributed by atoms with Gasteiger partial charge in [0, 0.05) is 49.7 Å². The Kier molecular flexibility index (Phi) is 10.2. The minimum Gasteiger partial charge on any atom is -0.392 e. The second kappa shape index (κ2) is 14.0. The van der Waals surface area contributed by atoms with Crippen molar-refractivity contribution in [3.05, 3.63) is 106 Å². The molecule has 0 bridgehead atoms. The summed E-state index contributed by atoms with van der Waals surface area (Å²) in [5.41, 5.74) is 3.85. The van der Waals surface area contributed by atoms with Gasteiger partial charge < -0.3 is 35.2 Å². The number of aliphatic hydroxyl groups is 2. The van der Waals surface area contributed by atoms with Gasteiger partial charge in [-0.25, -0.2) is 4.79 Å². The topological polar surface area (TPSA) is 103 Å². The summed E-state index contributed by atoms with van der Waals surface area (Å²) in [5, 5.41) is 27.1. The maximum Gasteiger partial charge on any atom is 0.315 e. The van der Waals surface area contributed by atoms with Gasteiger partial charge in [0.05, 0.1) is 24.4 Å². The third-order valence-corrected chi connectivity index (χ3v) is 8.44. The number of nitrogens with zero attached hydrogens (tertiary/aromatic N) is 1. The van der Waals surface area contributed by atoms with E-state index in [1.807, 2.05) is 79.7 Å². The van der Waals surface area contributed by atoms with E-state index in [9.17, 15) is 15.0 Å². The predicted octanol–water partition coefficient (Wildman–Crippen LogP) is 5.18. The molecular weight excluding hydrogens is 554 g/mol. The zero-order valence-corrected chi connectivity index (χ0v) is 24.7. The Morgan fingerprint density at radius 1 is 0.929 bits per heavy atom. The first kappa shape index (κ1) is 30.5. The molecular formula is C33H40ClN3O5. The van der Waals surface area contributed by atoms with Gasteiger partial charge in [-0.1, -0.05) is 72.3 Å². The van der Waals surface area contributed by atoms with Crippen LogP contribution >= 0.6 is 11.6 Å². The summed E-state index contributed by atoms with van der Waals surface area (Å²) in [6, 6.07) is 23.1. The molecule has 3 aromatic carbocycles. The number of aliphatic hydroxyl groups excluding tert-OH is 1. The van der Waals surface area contributed by atoms with Gasteiger partial charge in [0.1, 0.15) is 0 Å². The van der Waals surface area contributed by atoms with Gasteiger partial charge in [-0.05, 0) is 54.2 Å². The highest BCUT2D eigenvalue weighted by atomic mass is 35.5. The van der Waals surface area contributed by atoms with E-state index in [1.54, 1.807) is 0 Å². The second-order valence-electron chi connectivity index (χ2n) is 11.1. The van der Waals surface area contributed by atoms with E-state index in [1.165, 1.54) is 0 Å². The molecule has 0 saturated carbocycles.